The maximum atomic E-state index is 12.3. The molecule has 0 aliphatic carbocycles. The summed E-state index contributed by atoms with van der Waals surface area (Å²) in [6, 6.07) is 2.31. The highest BCUT2D eigenvalue weighted by Crippen LogP contribution is 2.20. The Morgan fingerprint density at radius 2 is 2.43 bits per heavy atom. The van der Waals surface area contributed by atoms with Gasteiger partial charge >= 0.3 is 0 Å². The van der Waals surface area contributed by atoms with Gasteiger partial charge in [-0.05, 0) is 37.6 Å². The van der Waals surface area contributed by atoms with Crippen molar-refractivity contribution in [3.63, 3.8) is 0 Å². The smallest absolute Gasteiger partial charge is 0.227 e. The van der Waals surface area contributed by atoms with Gasteiger partial charge in [0.2, 0.25) is 17.6 Å². The summed E-state index contributed by atoms with van der Waals surface area (Å²) in [5.74, 6) is 1.33. The first-order chi connectivity index (χ1) is 10.2. The molecule has 1 saturated heterocycles. The van der Waals surface area contributed by atoms with E-state index in [1.54, 1.807) is 11.3 Å². The van der Waals surface area contributed by atoms with E-state index in [4.69, 9.17) is 4.52 Å². The second kappa shape index (κ2) is 6.39. The minimum atomic E-state index is 0.192. The molecule has 1 amide bonds. The first-order valence-electron chi connectivity index (χ1n) is 7.38. The monoisotopic (exact) mass is 305 g/mol. The fraction of sp³-hybridized carbons (Fsp3) is 0.533. The molecule has 3 heterocycles. The SMILES string of the molecule is C[C@@H]1CCCCN1C(=O)CCc1nc(-c2ccsc2)no1. The number of aryl methyl sites for hydroxylation is 1. The van der Waals surface area contributed by atoms with Crippen LogP contribution in [0.25, 0.3) is 11.4 Å². The van der Waals surface area contributed by atoms with Gasteiger partial charge in [-0.25, -0.2) is 0 Å². The molecular formula is C15H19N3O2S. The number of piperidine rings is 1. The Labute approximate surface area is 128 Å². The van der Waals surface area contributed by atoms with Gasteiger partial charge in [-0.15, -0.1) is 0 Å². The van der Waals surface area contributed by atoms with Gasteiger partial charge in [0, 0.05) is 36.4 Å². The first kappa shape index (κ1) is 14.3. The molecule has 0 unspecified atom stereocenters. The zero-order chi connectivity index (χ0) is 14.7. The molecule has 0 saturated carbocycles. The Balaban J connectivity index is 1.56. The third-order valence-corrected chi connectivity index (χ3v) is 4.61. The maximum Gasteiger partial charge on any atom is 0.227 e. The Kier molecular flexibility index (Phi) is 4.34. The molecule has 1 atom stereocenters. The lowest BCUT2D eigenvalue weighted by molar-refractivity contribution is -0.134. The van der Waals surface area contributed by atoms with Crippen LogP contribution >= 0.6 is 11.3 Å². The van der Waals surface area contributed by atoms with Gasteiger partial charge < -0.3 is 9.42 Å². The highest BCUT2D eigenvalue weighted by atomic mass is 32.1. The Bertz CT molecular complexity index is 594. The zero-order valence-electron chi connectivity index (χ0n) is 12.1. The van der Waals surface area contributed by atoms with Crippen LogP contribution in [-0.2, 0) is 11.2 Å². The van der Waals surface area contributed by atoms with Crippen LogP contribution in [0, 0.1) is 0 Å². The van der Waals surface area contributed by atoms with E-state index in [0.717, 1.165) is 24.9 Å². The van der Waals surface area contributed by atoms with Crippen molar-refractivity contribution in [3.8, 4) is 11.4 Å². The summed E-state index contributed by atoms with van der Waals surface area (Å²) in [6.45, 7) is 3.00. The molecule has 1 aliphatic heterocycles. The van der Waals surface area contributed by atoms with Crippen LogP contribution in [0.5, 0.6) is 0 Å². The fourth-order valence-corrected chi connectivity index (χ4v) is 3.33. The average molecular weight is 305 g/mol. The second-order valence-corrected chi connectivity index (χ2v) is 6.24. The van der Waals surface area contributed by atoms with Crippen LogP contribution in [-0.4, -0.2) is 33.5 Å². The molecule has 2 aromatic rings. The lowest BCUT2D eigenvalue weighted by atomic mass is 10.0. The number of likely N-dealkylation sites (tertiary alicyclic amines) is 1. The van der Waals surface area contributed by atoms with Crippen molar-refractivity contribution in [1.82, 2.24) is 15.0 Å². The lowest BCUT2D eigenvalue weighted by Gasteiger charge is -2.33. The summed E-state index contributed by atoms with van der Waals surface area (Å²) in [5.41, 5.74) is 0.964. The van der Waals surface area contributed by atoms with Gasteiger partial charge in [0.05, 0.1) is 0 Å². The van der Waals surface area contributed by atoms with Crippen LogP contribution in [0.15, 0.2) is 21.3 Å². The Hall–Kier alpha value is -1.69. The number of carbonyl (C=O) groups is 1. The van der Waals surface area contributed by atoms with Gasteiger partial charge in [-0.1, -0.05) is 5.16 Å². The molecular weight excluding hydrogens is 286 g/mol. The summed E-state index contributed by atoms with van der Waals surface area (Å²) in [5, 5.41) is 7.92. The second-order valence-electron chi connectivity index (χ2n) is 5.46. The molecule has 2 aromatic heterocycles. The molecule has 0 spiro atoms. The largest absolute Gasteiger partial charge is 0.340 e. The van der Waals surface area contributed by atoms with Crippen molar-refractivity contribution < 1.29 is 9.32 Å². The molecule has 3 rings (SSSR count). The highest BCUT2D eigenvalue weighted by molar-refractivity contribution is 7.08. The number of aromatic nitrogens is 2. The van der Waals surface area contributed by atoms with Gasteiger partial charge in [-0.3, -0.25) is 4.79 Å². The van der Waals surface area contributed by atoms with E-state index >= 15 is 0 Å². The standard InChI is InChI=1S/C15H19N3O2S/c1-11-4-2-3-8-18(11)14(19)6-5-13-16-15(17-20-13)12-7-9-21-10-12/h7,9-11H,2-6,8H2,1H3/t11-/m1/s1. The van der Waals surface area contributed by atoms with E-state index in [1.807, 2.05) is 21.7 Å². The predicted octanol–water partition coefficient (Wildman–Crippen LogP) is 3.13. The van der Waals surface area contributed by atoms with Gasteiger partial charge in [0.1, 0.15) is 0 Å². The van der Waals surface area contributed by atoms with E-state index in [2.05, 4.69) is 17.1 Å². The normalized spacial score (nSPS) is 18.9. The van der Waals surface area contributed by atoms with E-state index in [-0.39, 0.29) is 5.91 Å². The van der Waals surface area contributed by atoms with Crippen LogP contribution in [0.3, 0.4) is 0 Å². The topological polar surface area (TPSA) is 59.2 Å². The van der Waals surface area contributed by atoms with E-state index in [0.29, 0.717) is 30.6 Å². The molecule has 1 aliphatic rings. The van der Waals surface area contributed by atoms with Gasteiger partial charge in [0.25, 0.3) is 0 Å². The molecule has 0 N–H and O–H groups in total. The summed E-state index contributed by atoms with van der Waals surface area (Å²) in [6.07, 6.45) is 4.39. The number of carbonyl (C=O) groups excluding carboxylic acids is 1. The third-order valence-electron chi connectivity index (χ3n) is 3.92. The van der Waals surface area contributed by atoms with Crippen LogP contribution in [0.2, 0.25) is 0 Å². The van der Waals surface area contributed by atoms with Crippen molar-refractivity contribution in [2.45, 2.75) is 45.1 Å². The molecule has 0 bridgehead atoms. The highest BCUT2D eigenvalue weighted by Gasteiger charge is 2.23. The third kappa shape index (κ3) is 3.32. The van der Waals surface area contributed by atoms with E-state index < -0.39 is 0 Å². The number of amides is 1. The number of nitrogens with zero attached hydrogens (tertiary/aromatic N) is 3. The summed E-state index contributed by atoms with van der Waals surface area (Å²) < 4.78 is 5.23. The van der Waals surface area contributed by atoms with E-state index in [1.165, 1.54) is 6.42 Å². The fourth-order valence-electron chi connectivity index (χ4n) is 2.69. The Morgan fingerprint density at radius 1 is 1.52 bits per heavy atom. The van der Waals surface area contributed by atoms with E-state index in [9.17, 15) is 4.79 Å². The first-order valence-corrected chi connectivity index (χ1v) is 8.33. The molecule has 112 valence electrons. The number of rotatable bonds is 4. The quantitative estimate of drug-likeness (QED) is 0.870. The van der Waals surface area contributed by atoms with Crippen molar-refractivity contribution in [2.24, 2.45) is 0 Å². The van der Waals surface area contributed by atoms with Crippen molar-refractivity contribution in [2.75, 3.05) is 6.54 Å². The van der Waals surface area contributed by atoms with Gasteiger partial charge in [-0.2, -0.15) is 16.3 Å². The number of hydrogen-bond acceptors (Lipinski definition) is 5. The minimum Gasteiger partial charge on any atom is -0.340 e. The molecule has 5 nitrogen and oxygen atoms in total. The predicted molar refractivity (Wildman–Crippen MR) is 81.0 cm³/mol. The van der Waals surface area contributed by atoms with Crippen molar-refractivity contribution in [1.29, 1.82) is 0 Å². The maximum absolute atomic E-state index is 12.3. The van der Waals surface area contributed by atoms with Crippen molar-refractivity contribution >= 4 is 17.2 Å². The molecule has 6 heteroatoms. The molecule has 1 fully saturated rings. The van der Waals surface area contributed by atoms with Crippen molar-refractivity contribution in [3.05, 3.63) is 22.7 Å². The molecule has 0 aromatic carbocycles. The van der Waals surface area contributed by atoms with Crippen LogP contribution in [0.1, 0.15) is 38.5 Å². The summed E-state index contributed by atoms with van der Waals surface area (Å²) in [4.78, 5) is 18.6. The number of thiophene rings is 1. The summed E-state index contributed by atoms with van der Waals surface area (Å²) in [7, 11) is 0. The average Bonchev–Trinajstić information content (AvgIpc) is 3.16. The summed E-state index contributed by atoms with van der Waals surface area (Å²) >= 11 is 1.60. The van der Waals surface area contributed by atoms with Crippen LogP contribution < -0.4 is 0 Å². The zero-order valence-corrected chi connectivity index (χ0v) is 12.9. The van der Waals surface area contributed by atoms with Crippen LogP contribution in [0.4, 0.5) is 0 Å². The number of hydrogen-bond donors (Lipinski definition) is 0. The minimum absolute atomic E-state index is 0.192. The van der Waals surface area contributed by atoms with Gasteiger partial charge in [0.15, 0.2) is 0 Å². The molecule has 0 radical (unpaired) electrons. The Morgan fingerprint density at radius 3 is 3.19 bits per heavy atom. The molecule has 21 heavy (non-hydrogen) atoms. The lowest BCUT2D eigenvalue weighted by Crippen LogP contribution is -2.42.